The van der Waals surface area contributed by atoms with Crippen molar-refractivity contribution in [2.45, 2.75) is 63.9 Å². The largest absolute Gasteiger partial charge is 0.478 e. The third-order valence-electron chi connectivity index (χ3n) is 3.21. The Kier molecular flexibility index (Phi) is 6.94. The normalized spacial score (nSPS) is 18.0. The van der Waals surface area contributed by atoms with E-state index in [9.17, 15) is 4.79 Å². The Morgan fingerprint density at radius 2 is 1.65 bits per heavy atom. The monoisotopic (exact) mass is 240 g/mol. The van der Waals surface area contributed by atoms with Crippen LogP contribution in [0.2, 0.25) is 0 Å². The Labute approximate surface area is 104 Å². The van der Waals surface area contributed by atoms with Crippen LogP contribution in [0.25, 0.3) is 0 Å². The van der Waals surface area contributed by atoms with E-state index in [-0.39, 0.29) is 0 Å². The molecule has 1 N–H and O–H groups in total. The van der Waals surface area contributed by atoms with Gasteiger partial charge in [-0.1, -0.05) is 45.1 Å². The fourth-order valence-electron chi connectivity index (χ4n) is 1.94. The lowest BCUT2D eigenvalue weighted by Crippen LogP contribution is -1.98. The van der Waals surface area contributed by atoms with Gasteiger partial charge in [0.2, 0.25) is 0 Å². The lowest BCUT2D eigenvalue weighted by Gasteiger charge is -2.02. The van der Waals surface area contributed by atoms with Gasteiger partial charge >= 0.3 is 5.97 Å². The molecule has 0 spiro atoms. The number of rotatable bonds is 11. The minimum atomic E-state index is -0.854. The van der Waals surface area contributed by atoms with E-state index in [0.717, 1.165) is 19.4 Å². The molecule has 0 saturated carbocycles. The summed E-state index contributed by atoms with van der Waals surface area (Å²) in [6, 6.07) is 0. The van der Waals surface area contributed by atoms with Crippen LogP contribution in [-0.4, -0.2) is 23.8 Å². The van der Waals surface area contributed by atoms with Crippen molar-refractivity contribution in [1.82, 2.24) is 0 Å². The van der Waals surface area contributed by atoms with E-state index in [1.165, 1.54) is 38.5 Å². The molecule has 1 aliphatic heterocycles. The molecular weight excluding hydrogens is 216 g/mol. The first kappa shape index (κ1) is 14.2. The first-order chi connectivity index (χ1) is 8.20. The molecular formula is C14H24O3. The molecule has 1 saturated heterocycles. The fraction of sp³-hybridized carbons (Fsp3) is 0.786. The molecule has 0 aromatic heterocycles. The van der Waals surface area contributed by atoms with E-state index >= 15 is 0 Å². The number of unbranched alkanes of at least 4 members (excludes halogenated alkanes) is 6. The van der Waals surface area contributed by atoms with Gasteiger partial charge < -0.3 is 9.84 Å². The highest BCUT2D eigenvalue weighted by Gasteiger charge is 2.20. The van der Waals surface area contributed by atoms with E-state index in [4.69, 9.17) is 9.84 Å². The predicted molar refractivity (Wildman–Crippen MR) is 68.1 cm³/mol. The summed E-state index contributed by atoms with van der Waals surface area (Å²) >= 11 is 0. The first-order valence-electron chi connectivity index (χ1n) is 6.73. The topological polar surface area (TPSA) is 49.8 Å². The van der Waals surface area contributed by atoms with Crippen LogP contribution in [0.1, 0.15) is 57.8 Å². The van der Waals surface area contributed by atoms with Gasteiger partial charge in [0.25, 0.3) is 0 Å². The van der Waals surface area contributed by atoms with Gasteiger partial charge in [-0.3, -0.25) is 0 Å². The first-order valence-corrected chi connectivity index (χ1v) is 6.73. The lowest BCUT2D eigenvalue weighted by molar-refractivity contribution is -0.132. The van der Waals surface area contributed by atoms with Gasteiger partial charge in [-0.15, -0.1) is 0 Å². The number of ether oxygens (including phenoxy) is 1. The Balaban J connectivity index is 1.74. The summed E-state index contributed by atoms with van der Waals surface area (Å²) in [4.78, 5) is 10.5. The van der Waals surface area contributed by atoms with E-state index in [2.05, 4.69) is 6.58 Å². The number of carboxylic acids is 1. The standard InChI is InChI=1S/C14H24O3/c1-12(14(15)16)9-7-5-3-2-4-6-8-10-13-11-17-13/h13H,1-11H2,(H,15,16). The van der Waals surface area contributed by atoms with Crippen molar-refractivity contribution in [2.24, 2.45) is 0 Å². The van der Waals surface area contributed by atoms with Gasteiger partial charge in [-0.05, 0) is 19.3 Å². The molecule has 0 amide bonds. The highest BCUT2D eigenvalue weighted by atomic mass is 16.6. The number of epoxide rings is 1. The van der Waals surface area contributed by atoms with Crippen molar-refractivity contribution in [3.05, 3.63) is 12.2 Å². The van der Waals surface area contributed by atoms with Crippen LogP contribution in [0.4, 0.5) is 0 Å². The van der Waals surface area contributed by atoms with Crippen LogP contribution in [0.15, 0.2) is 12.2 Å². The maximum absolute atomic E-state index is 10.5. The van der Waals surface area contributed by atoms with Crippen molar-refractivity contribution < 1.29 is 14.6 Å². The van der Waals surface area contributed by atoms with Crippen LogP contribution < -0.4 is 0 Å². The maximum Gasteiger partial charge on any atom is 0.330 e. The van der Waals surface area contributed by atoms with Gasteiger partial charge in [-0.25, -0.2) is 4.79 Å². The predicted octanol–water partition coefficient (Wildman–Crippen LogP) is 3.54. The summed E-state index contributed by atoms with van der Waals surface area (Å²) in [5, 5.41) is 8.62. The number of aliphatic carboxylic acids is 1. The molecule has 17 heavy (non-hydrogen) atoms. The van der Waals surface area contributed by atoms with Crippen LogP contribution in [0.5, 0.6) is 0 Å². The molecule has 1 rings (SSSR count). The molecule has 3 heteroatoms. The Hall–Kier alpha value is -0.830. The van der Waals surface area contributed by atoms with Gasteiger partial charge in [0.05, 0.1) is 12.7 Å². The smallest absolute Gasteiger partial charge is 0.330 e. The zero-order valence-electron chi connectivity index (χ0n) is 10.6. The van der Waals surface area contributed by atoms with Crippen molar-refractivity contribution in [3.63, 3.8) is 0 Å². The van der Waals surface area contributed by atoms with E-state index in [0.29, 0.717) is 18.1 Å². The van der Waals surface area contributed by atoms with Crippen LogP contribution in [-0.2, 0) is 9.53 Å². The SMILES string of the molecule is C=C(CCCCCCCCCC1CO1)C(=O)O. The zero-order chi connectivity index (χ0) is 12.5. The van der Waals surface area contributed by atoms with Crippen molar-refractivity contribution in [2.75, 3.05) is 6.61 Å². The Morgan fingerprint density at radius 1 is 1.12 bits per heavy atom. The Morgan fingerprint density at radius 3 is 2.18 bits per heavy atom. The van der Waals surface area contributed by atoms with Crippen molar-refractivity contribution in [3.8, 4) is 0 Å². The molecule has 0 bridgehead atoms. The molecule has 1 fully saturated rings. The van der Waals surface area contributed by atoms with Gasteiger partial charge in [0, 0.05) is 5.57 Å². The third kappa shape index (κ3) is 7.97. The minimum Gasteiger partial charge on any atom is -0.478 e. The van der Waals surface area contributed by atoms with Crippen LogP contribution in [0, 0.1) is 0 Å². The van der Waals surface area contributed by atoms with E-state index in [1.54, 1.807) is 0 Å². The van der Waals surface area contributed by atoms with E-state index in [1.807, 2.05) is 0 Å². The van der Waals surface area contributed by atoms with Gasteiger partial charge in [-0.2, -0.15) is 0 Å². The number of hydrogen-bond donors (Lipinski definition) is 1. The molecule has 1 atom stereocenters. The summed E-state index contributed by atoms with van der Waals surface area (Å²) in [6.07, 6.45) is 10.9. The molecule has 0 aliphatic carbocycles. The summed E-state index contributed by atoms with van der Waals surface area (Å²) in [7, 11) is 0. The number of hydrogen-bond acceptors (Lipinski definition) is 2. The van der Waals surface area contributed by atoms with E-state index < -0.39 is 5.97 Å². The maximum atomic E-state index is 10.5. The number of carboxylic acid groups (broad SMARTS) is 1. The molecule has 0 aromatic rings. The number of carbonyl (C=O) groups is 1. The molecule has 1 heterocycles. The zero-order valence-corrected chi connectivity index (χ0v) is 10.6. The third-order valence-corrected chi connectivity index (χ3v) is 3.21. The van der Waals surface area contributed by atoms with Crippen LogP contribution in [0.3, 0.4) is 0 Å². The second-order valence-electron chi connectivity index (χ2n) is 4.88. The fourth-order valence-corrected chi connectivity index (χ4v) is 1.94. The molecule has 0 radical (unpaired) electrons. The van der Waals surface area contributed by atoms with Gasteiger partial charge in [0.15, 0.2) is 0 Å². The summed E-state index contributed by atoms with van der Waals surface area (Å²) in [6.45, 7) is 4.50. The molecule has 1 aliphatic rings. The van der Waals surface area contributed by atoms with Crippen LogP contribution >= 0.6 is 0 Å². The summed E-state index contributed by atoms with van der Waals surface area (Å²) in [5.41, 5.74) is 0.342. The molecule has 1 unspecified atom stereocenters. The summed E-state index contributed by atoms with van der Waals surface area (Å²) < 4.78 is 5.15. The quantitative estimate of drug-likeness (QED) is 0.341. The van der Waals surface area contributed by atoms with Crippen molar-refractivity contribution in [1.29, 1.82) is 0 Å². The second-order valence-corrected chi connectivity index (χ2v) is 4.88. The van der Waals surface area contributed by atoms with Crippen molar-refractivity contribution >= 4 is 5.97 Å². The highest BCUT2D eigenvalue weighted by molar-refractivity contribution is 5.85. The average molecular weight is 240 g/mol. The molecule has 98 valence electrons. The highest BCUT2D eigenvalue weighted by Crippen LogP contribution is 2.18. The average Bonchev–Trinajstić information content (AvgIpc) is 3.10. The minimum absolute atomic E-state index is 0.342. The molecule has 0 aromatic carbocycles. The summed E-state index contributed by atoms with van der Waals surface area (Å²) in [5.74, 6) is -0.854. The molecule has 3 nitrogen and oxygen atoms in total. The lowest BCUT2D eigenvalue weighted by atomic mass is 10.0. The Bertz CT molecular complexity index is 244. The second kappa shape index (κ2) is 8.29. The van der Waals surface area contributed by atoms with Gasteiger partial charge in [0.1, 0.15) is 0 Å².